The van der Waals surface area contributed by atoms with Gasteiger partial charge < -0.3 is 20.1 Å². The van der Waals surface area contributed by atoms with Crippen molar-refractivity contribution in [3.05, 3.63) is 66.2 Å². The molecule has 0 saturated carbocycles. The Bertz CT molecular complexity index is 833. The number of carbonyl (C=O) groups is 2. The number of amides is 2. The highest BCUT2D eigenvalue weighted by molar-refractivity contribution is 5.95. The number of anilines is 1. The number of nitrogens with one attached hydrogen (secondary N) is 2. The van der Waals surface area contributed by atoms with Crippen molar-refractivity contribution in [3.8, 4) is 11.5 Å². The minimum Gasteiger partial charge on any atom is -0.493 e. The summed E-state index contributed by atoms with van der Waals surface area (Å²) < 4.78 is 10.8. The second-order valence-corrected chi connectivity index (χ2v) is 6.15. The van der Waals surface area contributed by atoms with Crippen LogP contribution in [0.25, 0.3) is 0 Å². The molecule has 2 aromatic carbocycles. The van der Waals surface area contributed by atoms with Crippen molar-refractivity contribution < 1.29 is 19.1 Å². The van der Waals surface area contributed by atoms with Crippen LogP contribution in [0, 0.1) is 0 Å². The summed E-state index contributed by atoms with van der Waals surface area (Å²) in [5.41, 5.74) is 2.08. The first-order valence-corrected chi connectivity index (χ1v) is 9.16. The first kappa shape index (κ1) is 21.0. The molecule has 0 atom stereocenters. The number of hydrogen-bond donors (Lipinski definition) is 2. The van der Waals surface area contributed by atoms with Gasteiger partial charge in [-0.2, -0.15) is 0 Å². The van der Waals surface area contributed by atoms with Crippen LogP contribution in [-0.4, -0.2) is 25.5 Å². The molecule has 0 fully saturated rings. The number of rotatable bonds is 10. The van der Waals surface area contributed by atoms with Gasteiger partial charge in [-0.15, -0.1) is 0 Å². The third-order valence-corrected chi connectivity index (χ3v) is 3.92. The Labute approximate surface area is 165 Å². The Balaban J connectivity index is 2.00. The molecule has 0 saturated heterocycles. The van der Waals surface area contributed by atoms with Crippen molar-refractivity contribution in [2.75, 3.05) is 19.0 Å². The summed E-state index contributed by atoms with van der Waals surface area (Å²) >= 11 is 0. The van der Waals surface area contributed by atoms with Crippen LogP contribution < -0.4 is 20.1 Å². The molecule has 2 rings (SSSR count). The average molecular weight is 382 g/mol. The molecular weight excluding hydrogens is 356 g/mol. The van der Waals surface area contributed by atoms with Gasteiger partial charge >= 0.3 is 0 Å². The van der Waals surface area contributed by atoms with E-state index in [9.17, 15) is 9.59 Å². The van der Waals surface area contributed by atoms with E-state index in [0.29, 0.717) is 36.6 Å². The largest absolute Gasteiger partial charge is 0.493 e. The molecule has 0 radical (unpaired) electrons. The molecular formula is C22H26N2O4. The topological polar surface area (TPSA) is 76.7 Å². The highest BCUT2D eigenvalue weighted by Gasteiger charge is 2.11. The number of benzene rings is 2. The number of carbonyl (C=O) groups excluding carboxylic acids is 2. The Morgan fingerprint density at radius 3 is 2.68 bits per heavy atom. The van der Waals surface area contributed by atoms with Gasteiger partial charge in [0.2, 0.25) is 5.91 Å². The van der Waals surface area contributed by atoms with E-state index in [-0.39, 0.29) is 11.8 Å². The fourth-order valence-corrected chi connectivity index (χ4v) is 2.57. The molecule has 0 aliphatic rings. The maximum absolute atomic E-state index is 12.5. The van der Waals surface area contributed by atoms with Gasteiger partial charge in [0.1, 0.15) is 6.61 Å². The molecule has 6 nitrogen and oxygen atoms in total. The summed E-state index contributed by atoms with van der Waals surface area (Å²) in [6.07, 6.45) is 2.91. The van der Waals surface area contributed by atoms with E-state index in [4.69, 9.17) is 9.47 Å². The monoisotopic (exact) mass is 382 g/mol. The molecule has 2 aromatic rings. The zero-order valence-electron chi connectivity index (χ0n) is 16.3. The standard InChI is InChI=1S/C22H26N2O4/c1-4-7-21(25)24-18-9-6-8-16(13-18)15-23-22(26)17-10-11-19(28-12-5-2)20(14-17)27-3/h5-6,8-11,13-14H,2,4,7,12,15H2,1,3H3,(H,23,26)(H,24,25). The maximum atomic E-state index is 12.5. The van der Waals surface area contributed by atoms with Crippen molar-refractivity contribution in [2.45, 2.75) is 26.3 Å². The van der Waals surface area contributed by atoms with Crippen molar-refractivity contribution in [3.63, 3.8) is 0 Å². The van der Waals surface area contributed by atoms with Gasteiger partial charge in [0.15, 0.2) is 11.5 Å². The van der Waals surface area contributed by atoms with Gasteiger partial charge in [-0.1, -0.05) is 31.7 Å². The first-order chi connectivity index (χ1) is 13.6. The minimum atomic E-state index is -0.228. The Kier molecular flexibility index (Phi) is 8.09. The lowest BCUT2D eigenvalue weighted by Crippen LogP contribution is -2.23. The fourth-order valence-electron chi connectivity index (χ4n) is 2.57. The summed E-state index contributed by atoms with van der Waals surface area (Å²) in [5, 5.41) is 5.72. The van der Waals surface area contributed by atoms with Gasteiger partial charge in [0, 0.05) is 24.2 Å². The van der Waals surface area contributed by atoms with Gasteiger partial charge in [0.05, 0.1) is 7.11 Å². The van der Waals surface area contributed by atoms with E-state index in [1.54, 1.807) is 24.3 Å². The Hall–Kier alpha value is -3.28. The molecule has 148 valence electrons. The van der Waals surface area contributed by atoms with Crippen LogP contribution in [0.2, 0.25) is 0 Å². The summed E-state index contributed by atoms with van der Waals surface area (Å²) in [6.45, 7) is 6.26. The van der Waals surface area contributed by atoms with E-state index in [1.165, 1.54) is 7.11 Å². The third-order valence-electron chi connectivity index (χ3n) is 3.92. The van der Waals surface area contributed by atoms with Crippen LogP contribution in [0.1, 0.15) is 35.7 Å². The summed E-state index contributed by atoms with van der Waals surface area (Å²) in [4.78, 5) is 24.2. The predicted molar refractivity (Wildman–Crippen MR) is 110 cm³/mol. The summed E-state index contributed by atoms with van der Waals surface area (Å²) in [6, 6.07) is 12.4. The SMILES string of the molecule is C=CCOc1ccc(C(=O)NCc2cccc(NC(=O)CCC)c2)cc1OC. The van der Waals surface area contributed by atoms with Crippen molar-refractivity contribution in [2.24, 2.45) is 0 Å². The fraction of sp³-hybridized carbons (Fsp3) is 0.273. The van der Waals surface area contributed by atoms with Crippen LogP contribution in [0.15, 0.2) is 55.1 Å². The van der Waals surface area contributed by atoms with E-state index >= 15 is 0 Å². The Morgan fingerprint density at radius 2 is 1.96 bits per heavy atom. The van der Waals surface area contributed by atoms with Gasteiger partial charge in [-0.3, -0.25) is 9.59 Å². The normalized spacial score (nSPS) is 10.1. The molecule has 2 N–H and O–H groups in total. The molecule has 0 aliphatic carbocycles. The molecule has 0 unspecified atom stereocenters. The van der Waals surface area contributed by atoms with Crippen molar-refractivity contribution >= 4 is 17.5 Å². The highest BCUT2D eigenvalue weighted by atomic mass is 16.5. The third kappa shape index (κ3) is 6.16. The molecule has 0 spiro atoms. The second-order valence-electron chi connectivity index (χ2n) is 6.15. The highest BCUT2D eigenvalue weighted by Crippen LogP contribution is 2.28. The zero-order valence-corrected chi connectivity index (χ0v) is 16.3. The number of hydrogen-bond acceptors (Lipinski definition) is 4. The minimum absolute atomic E-state index is 0.0189. The molecule has 0 heterocycles. The van der Waals surface area contributed by atoms with E-state index in [2.05, 4.69) is 17.2 Å². The number of ether oxygens (including phenoxy) is 2. The summed E-state index contributed by atoms with van der Waals surface area (Å²) in [5.74, 6) is 0.785. The van der Waals surface area contributed by atoms with Crippen LogP contribution >= 0.6 is 0 Å². The van der Waals surface area contributed by atoms with Crippen LogP contribution in [0.4, 0.5) is 5.69 Å². The second kappa shape index (κ2) is 10.8. The van der Waals surface area contributed by atoms with Gasteiger partial charge in [-0.05, 0) is 42.3 Å². The predicted octanol–water partition coefficient (Wildman–Crippen LogP) is 3.93. The molecule has 0 aromatic heterocycles. The first-order valence-electron chi connectivity index (χ1n) is 9.16. The van der Waals surface area contributed by atoms with Gasteiger partial charge in [-0.25, -0.2) is 0 Å². The smallest absolute Gasteiger partial charge is 0.251 e. The lowest BCUT2D eigenvalue weighted by molar-refractivity contribution is -0.116. The van der Waals surface area contributed by atoms with E-state index in [1.807, 2.05) is 31.2 Å². The average Bonchev–Trinajstić information content (AvgIpc) is 2.70. The van der Waals surface area contributed by atoms with E-state index < -0.39 is 0 Å². The van der Waals surface area contributed by atoms with E-state index in [0.717, 1.165) is 17.7 Å². The molecule has 28 heavy (non-hydrogen) atoms. The molecule has 0 aliphatic heterocycles. The van der Waals surface area contributed by atoms with Crippen LogP contribution in [0.3, 0.4) is 0 Å². The Morgan fingerprint density at radius 1 is 1.14 bits per heavy atom. The number of methoxy groups -OCH3 is 1. The summed E-state index contributed by atoms with van der Waals surface area (Å²) in [7, 11) is 1.52. The molecule has 2 amide bonds. The molecule has 6 heteroatoms. The van der Waals surface area contributed by atoms with Crippen LogP contribution in [0.5, 0.6) is 11.5 Å². The quantitative estimate of drug-likeness (QED) is 0.611. The molecule has 0 bridgehead atoms. The van der Waals surface area contributed by atoms with Crippen molar-refractivity contribution in [1.29, 1.82) is 0 Å². The zero-order chi connectivity index (χ0) is 20.4. The van der Waals surface area contributed by atoms with Gasteiger partial charge in [0.25, 0.3) is 5.91 Å². The maximum Gasteiger partial charge on any atom is 0.251 e. The lowest BCUT2D eigenvalue weighted by atomic mass is 10.1. The lowest BCUT2D eigenvalue weighted by Gasteiger charge is -2.12. The van der Waals surface area contributed by atoms with Crippen LogP contribution in [-0.2, 0) is 11.3 Å². The van der Waals surface area contributed by atoms with Crippen molar-refractivity contribution in [1.82, 2.24) is 5.32 Å².